The highest BCUT2D eigenvalue weighted by Crippen LogP contribution is 2.19. The molecule has 5 nitrogen and oxygen atoms in total. The largest absolute Gasteiger partial charge is 0.497 e. The number of methoxy groups -OCH3 is 1. The summed E-state index contributed by atoms with van der Waals surface area (Å²) in [5.41, 5.74) is 17.0. The van der Waals surface area contributed by atoms with Crippen LogP contribution < -0.4 is 16.2 Å². The summed E-state index contributed by atoms with van der Waals surface area (Å²) >= 11 is 0. The number of aromatic amines is 1. The summed E-state index contributed by atoms with van der Waals surface area (Å²) in [7, 11) is 1.66. The van der Waals surface area contributed by atoms with Gasteiger partial charge in [0.05, 0.1) is 24.2 Å². The number of benzene rings is 3. The summed E-state index contributed by atoms with van der Waals surface area (Å²) in [6.07, 6.45) is 5.80. The zero-order valence-electron chi connectivity index (χ0n) is 16.2. The quantitative estimate of drug-likeness (QED) is 0.337. The predicted molar refractivity (Wildman–Crippen MR) is 121 cm³/mol. The summed E-state index contributed by atoms with van der Waals surface area (Å²) in [6.45, 7) is 0. The van der Waals surface area contributed by atoms with Gasteiger partial charge in [-0.2, -0.15) is 5.10 Å². The molecule has 4 aromatic rings. The summed E-state index contributed by atoms with van der Waals surface area (Å²) in [4.78, 5) is 0. The highest BCUT2D eigenvalue weighted by atomic mass is 16.5. The number of H-pyrrole nitrogens is 1. The molecule has 0 aliphatic heterocycles. The zero-order chi connectivity index (χ0) is 20.5. The van der Waals surface area contributed by atoms with Crippen molar-refractivity contribution in [1.82, 2.24) is 10.2 Å². The third-order valence-corrected chi connectivity index (χ3v) is 4.28. The van der Waals surface area contributed by atoms with E-state index >= 15 is 0 Å². The van der Waals surface area contributed by atoms with Crippen LogP contribution in [0.4, 0.5) is 11.4 Å². The van der Waals surface area contributed by atoms with Crippen LogP contribution >= 0.6 is 0 Å². The molecule has 1 heterocycles. The smallest absolute Gasteiger partial charge is 0.118 e. The maximum atomic E-state index is 5.73. The molecular weight excluding hydrogens is 360 g/mol. The van der Waals surface area contributed by atoms with E-state index in [0.29, 0.717) is 11.4 Å². The van der Waals surface area contributed by atoms with Gasteiger partial charge in [0.1, 0.15) is 5.75 Å². The molecule has 1 aromatic heterocycles. The Hall–Kier alpha value is -3.99. The monoisotopic (exact) mass is 384 g/mol. The summed E-state index contributed by atoms with van der Waals surface area (Å²) in [5.74, 6) is 0.864. The van der Waals surface area contributed by atoms with Gasteiger partial charge in [-0.15, -0.1) is 0 Å². The third-order valence-electron chi connectivity index (χ3n) is 4.28. The van der Waals surface area contributed by atoms with Crippen LogP contribution in [-0.2, 0) is 0 Å². The average Bonchev–Trinajstić information content (AvgIpc) is 3.31. The van der Waals surface area contributed by atoms with Gasteiger partial charge < -0.3 is 16.2 Å². The molecule has 0 aliphatic carbocycles. The first-order valence-corrected chi connectivity index (χ1v) is 9.17. The molecule has 0 radical (unpaired) electrons. The minimum atomic E-state index is 0.621. The van der Waals surface area contributed by atoms with Gasteiger partial charge in [-0.1, -0.05) is 48.6 Å². The van der Waals surface area contributed by atoms with Crippen molar-refractivity contribution in [2.24, 2.45) is 0 Å². The Morgan fingerprint density at radius 2 is 1.52 bits per heavy atom. The number of hydrogen-bond donors (Lipinski definition) is 3. The number of nitrogen functional groups attached to an aromatic ring is 2. The third kappa shape index (κ3) is 5.74. The molecule has 4 rings (SSSR count). The molecule has 5 heteroatoms. The molecule has 146 valence electrons. The lowest BCUT2D eigenvalue weighted by atomic mass is 10.1. The second-order valence-electron chi connectivity index (χ2n) is 6.33. The van der Waals surface area contributed by atoms with Crippen LogP contribution in [0.3, 0.4) is 0 Å². The fourth-order valence-electron chi connectivity index (χ4n) is 2.64. The summed E-state index contributed by atoms with van der Waals surface area (Å²) in [6, 6.07) is 25.5. The van der Waals surface area contributed by atoms with Gasteiger partial charge in [-0.3, -0.25) is 5.10 Å². The van der Waals surface area contributed by atoms with Gasteiger partial charge in [-0.25, -0.2) is 0 Å². The maximum absolute atomic E-state index is 5.73. The summed E-state index contributed by atoms with van der Waals surface area (Å²) < 4.78 is 5.06. The van der Waals surface area contributed by atoms with E-state index in [0.717, 1.165) is 28.1 Å². The van der Waals surface area contributed by atoms with Crippen molar-refractivity contribution in [2.45, 2.75) is 0 Å². The van der Waals surface area contributed by atoms with Crippen molar-refractivity contribution in [2.75, 3.05) is 18.6 Å². The Balaban J connectivity index is 0.000000169. The van der Waals surface area contributed by atoms with Gasteiger partial charge in [0.25, 0.3) is 0 Å². The lowest BCUT2D eigenvalue weighted by Gasteiger charge is -2.00. The molecular formula is C24H24N4O. The van der Waals surface area contributed by atoms with Crippen LogP contribution in [0.2, 0.25) is 0 Å². The minimum Gasteiger partial charge on any atom is -0.497 e. The van der Waals surface area contributed by atoms with Crippen LogP contribution in [0.1, 0.15) is 11.1 Å². The number of nitrogens with two attached hydrogens (primary N) is 2. The van der Waals surface area contributed by atoms with E-state index in [1.54, 1.807) is 13.3 Å². The topological polar surface area (TPSA) is 89.9 Å². The molecule has 0 unspecified atom stereocenters. The fraction of sp³-hybridized carbons (Fsp3) is 0.0417. The Labute approximate surface area is 170 Å². The summed E-state index contributed by atoms with van der Waals surface area (Å²) in [5, 5.41) is 6.78. The van der Waals surface area contributed by atoms with Crippen molar-refractivity contribution in [3.8, 4) is 17.0 Å². The van der Waals surface area contributed by atoms with Crippen LogP contribution in [0.5, 0.6) is 5.75 Å². The van der Waals surface area contributed by atoms with Gasteiger partial charge in [0, 0.05) is 6.20 Å². The van der Waals surface area contributed by atoms with E-state index in [-0.39, 0.29) is 0 Å². The van der Waals surface area contributed by atoms with Crippen molar-refractivity contribution >= 4 is 23.5 Å². The molecule has 0 aliphatic rings. The van der Waals surface area contributed by atoms with E-state index in [2.05, 4.69) is 22.3 Å². The zero-order valence-corrected chi connectivity index (χ0v) is 16.2. The normalized spacial score (nSPS) is 10.4. The highest BCUT2D eigenvalue weighted by molar-refractivity contribution is 5.74. The number of anilines is 2. The van der Waals surface area contributed by atoms with Crippen LogP contribution in [-0.4, -0.2) is 17.3 Å². The first-order valence-electron chi connectivity index (χ1n) is 9.17. The molecule has 0 bridgehead atoms. The lowest BCUT2D eigenvalue weighted by Crippen LogP contribution is -1.93. The Bertz CT molecular complexity index is 1040. The molecule has 29 heavy (non-hydrogen) atoms. The molecule has 3 aromatic carbocycles. The second kappa shape index (κ2) is 9.80. The number of aromatic nitrogens is 2. The highest BCUT2D eigenvalue weighted by Gasteiger charge is 1.98. The molecule has 0 saturated heterocycles. The van der Waals surface area contributed by atoms with Gasteiger partial charge in [0.15, 0.2) is 0 Å². The second-order valence-corrected chi connectivity index (χ2v) is 6.33. The number of rotatable bonds is 4. The van der Waals surface area contributed by atoms with E-state index in [9.17, 15) is 0 Å². The van der Waals surface area contributed by atoms with E-state index in [1.807, 2.05) is 78.9 Å². The first-order chi connectivity index (χ1) is 14.2. The standard InChI is InChI=1S/C14H14N2.C10H10N2O/c15-13-9-8-12(10-14(13)16)7-6-11-4-2-1-3-5-11;1-13-9-4-2-8(3-5-9)10-6-7-11-12-10/h1-10H,15-16H2;2-7H,1H3,(H,11,12). The molecule has 0 amide bonds. The fourth-order valence-corrected chi connectivity index (χ4v) is 2.64. The van der Waals surface area contributed by atoms with Crippen LogP contribution in [0.15, 0.2) is 85.1 Å². The van der Waals surface area contributed by atoms with Crippen molar-refractivity contribution in [3.63, 3.8) is 0 Å². The van der Waals surface area contributed by atoms with Gasteiger partial charge in [0.2, 0.25) is 0 Å². The first kappa shape index (κ1) is 19.8. The molecule has 0 spiro atoms. The number of nitrogens with one attached hydrogen (secondary N) is 1. The average molecular weight is 384 g/mol. The van der Waals surface area contributed by atoms with Gasteiger partial charge >= 0.3 is 0 Å². The molecule has 0 fully saturated rings. The van der Waals surface area contributed by atoms with Crippen molar-refractivity contribution < 1.29 is 4.74 Å². The SMILES string of the molecule is COc1ccc(-c2ccn[nH]2)cc1.Nc1ccc(C=Cc2ccccc2)cc1N. The minimum absolute atomic E-state index is 0.621. The molecule has 0 atom stereocenters. The Morgan fingerprint density at radius 3 is 2.14 bits per heavy atom. The van der Waals surface area contributed by atoms with Crippen molar-refractivity contribution in [1.29, 1.82) is 0 Å². The van der Waals surface area contributed by atoms with Crippen molar-refractivity contribution in [3.05, 3.63) is 96.2 Å². The van der Waals surface area contributed by atoms with Gasteiger partial charge in [-0.05, 0) is 59.2 Å². The maximum Gasteiger partial charge on any atom is 0.118 e. The molecule has 5 N–H and O–H groups in total. The van der Waals surface area contributed by atoms with E-state index in [1.165, 1.54) is 0 Å². The number of ether oxygens (including phenoxy) is 1. The van der Waals surface area contributed by atoms with Crippen LogP contribution in [0, 0.1) is 0 Å². The Morgan fingerprint density at radius 1 is 0.793 bits per heavy atom. The Kier molecular flexibility index (Phi) is 6.68. The number of nitrogens with zero attached hydrogens (tertiary/aromatic N) is 1. The van der Waals surface area contributed by atoms with E-state index < -0.39 is 0 Å². The lowest BCUT2D eigenvalue weighted by molar-refractivity contribution is 0.415. The predicted octanol–water partition coefficient (Wildman–Crippen LogP) is 5.11. The van der Waals surface area contributed by atoms with Crippen LogP contribution in [0.25, 0.3) is 23.4 Å². The number of hydrogen-bond acceptors (Lipinski definition) is 4. The van der Waals surface area contributed by atoms with E-state index in [4.69, 9.17) is 16.2 Å². The molecule has 0 saturated carbocycles.